The van der Waals surface area contributed by atoms with Crippen LogP contribution in [0.5, 0.6) is 0 Å². The first kappa shape index (κ1) is 21.7. The number of nitrogens with zero attached hydrogens (tertiary/aromatic N) is 2. The number of non-ortho nitro benzene ring substituents is 1. The van der Waals surface area contributed by atoms with E-state index < -0.39 is 33.3 Å². The van der Waals surface area contributed by atoms with Gasteiger partial charge in [0.25, 0.3) is 5.69 Å². The maximum absolute atomic E-state index is 12.8. The Morgan fingerprint density at radius 2 is 1.90 bits per heavy atom. The maximum Gasteiger partial charge on any atom is 0.458 e. The zero-order valence-corrected chi connectivity index (χ0v) is 15.8. The lowest BCUT2D eigenvalue weighted by atomic mass is 10.0. The topological polar surface area (TPSA) is 131 Å². The van der Waals surface area contributed by atoms with Crippen molar-refractivity contribution in [2.45, 2.75) is 29.8 Å². The van der Waals surface area contributed by atoms with E-state index in [2.05, 4.69) is 14.7 Å². The third-order valence-corrected chi connectivity index (χ3v) is 5.65. The number of aliphatic hydroxyl groups is 1. The van der Waals surface area contributed by atoms with Crippen molar-refractivity contribution in [3.05, 3.63) is 69.8 Å². The molecule has 2 N–H and O–H groups in total. The Bertz CT molecular complexity index is 1100. The molecular weight excluding hydrogens is 431 g/mol. The summed E-state index contributed by atoms with van der Waals surface area (Å²) >= 11 is 0. The highest BCUT2D eigenvalue weighted by Crippen LogP contribution is 2.38. The molecule has 1 heterocycles. The first-order valence-electron chi connectivity index (χ1n) is 8.29. The number of nitro groups is 1. The van der Waals surface area contributed by atoms with E-state index in [1.165, 1.54) is 36.4 Å². The molecular formula is C17H14F3N3O6S. The number of benzene rings is 2. The predicted octanol–water partition coefficient (Wildman–Crippen LogP) is 2.45. The van der Waals surface area contributed by atoms with Crippen LogP contribution in [0.25, 0.3) is 0 Å². The number of hydrogen-bond donors (Lipinski definition) is 2. The van der Waals surface area contributed by atoms with Crippen molar-refractivity contribution in [3.63, 3.8) is 0 Å². The second kappa shape index (κ2) is 7.66. The van der Waals surface area contributed by atoms with Crippen LogP contribution in [-0.4, -0.2) is 36.1 Å². The van der Waals surface area contributed by atoms with Crippen LogP contribution >= 0.6 is 0 Å². The molecule has 0 aliphatic carbocycles. The standard InChI is InChI=1S/C17H14F3N3O6S/c18-17(19,20)16(24)9-15(22-29-16)12-6-4-11(5-7-12)10-21-30(27,28)14-3-1-2-13(8-14)23(25)26/h1-8,21,24H,9-10H2. The number of oxime groups is 1. The van der Waals surface area contributed by atoms with Gasteiger partial charge in [-0.3, -0.25) is 10.1 Å². The molecule has 0 radical (unpaired) electrons. The molecule has 13 heteroatoms. The first-order valence-corrected chi connectivity index (χ1v) is 9.77. The zero-order chi connectivity index (χ0) is 22.2. The molecule has 0 fully saturated rings. The highest BCUT2D eigenvalue weighted by molar-refractivity contribution is 7.89. The fraction of sp³-hybridized carbons (Fsp3) is 0.235. The largest absolute Gasteiger partial charge is 0.458 e. The molecule has 0 saturated heterocycles. The quantitative estimate of drug-likeness (QED) is 0.519. The second-order valence-corrected chi connectivity index (χ2v) is 8.13. The van der Waals surface area contributed by atoms with Gasteiger partial charge in [0.2, 0.25) is 10.0 Å². The van der Waals surface area contributed by atoms with Gasteiger partial charge in [0.15, 0.2) is 0 Å². The van der Waals surface area contributed by atoms with Crippen molar-refractivity contribution in [1.29, 1.82) is 0 Å². The summed E-state index contributed by atoms with van der Waals surface area (Å²) in [5.41, 5.74) is 0.248. The Balaban J connectivity index is 1.67. The minimum absolute atomic E-state index is 0.112. The number of nitro benzene ring substituents is 1. The van der Waals surface area contributed by atoms with Crippen LogP contribution in [-0.2, 0) is 21.4 Å². The first-order chi connectivity index (χ1) is 13.9. The monoisotopic (exact) mass is 445 g/mol. The second-order valence-electron chi connectivity index (χ2n) is 6.36. The normalized spacial score (nSPS) is 19.3. The van der Waals surface area contributed by atoms with Gasteiger partial charge in [-0.2, -0.15) is 13.2 Å². The summed E-state index contributed by atoms with van der Waals surface area (Å²) in [5, 5.41) is 23.5. The molecule has 1 aliphatic rings. The molecule has 30 heavy (non-hydrogen) atoms. The molecule has 0 aromatic heterocycles. The van der Waals surface area contributed by atoms with Crippen molar-refractivity contribution in [2.24, 2.45) is 5.16 Å². The third kappa shape index (κ3) is 4.42. The Hall–Kier alpha value is -3.03. The molecule has 0 spiro atoms. The van der Waals surface area contributed by atoms with Crippen LogP contribution in [0.15, 0.2) is 58.6 Å². The van der Waals surface area contributed by atoms with Crippen molar-refractivity contribution in [2.75, 3.05) is 0 Å². The summed E-state index contributed by atoms with van der Waals surface area (Å²) < 4.78 is 65.2. The Morgan fingerprint density at radius 1 is 1.23 bits per heavy atom. The summed E-state index contributed by atoms with van der Waals surface area (Å²) in [6.45, 7) is -0.166. The van der Waals surface area contributed by atoms with E-state index in [1.54, 1.807) is 0 Å². The molecule has 0 amide bonds. The highest BCUT2D eigenvalue weighted by atomic mass is 32.2. The minimum atomic E-state index is -5.01. The molecule has 1 aliphatic heterocycles. The lowest BCUT2D eigenvalue weighted by Crippen LogP contribution is -2.45. The number of rotatable bonds is 6. The van der Waals surface area contributed by atoms with E-state index in [0.717, 1.165) is 12.1 Å². The van der Waals surface area contributed by atoms with Gasteiger partial charge < -0.3 is 9.94 Å². The average molecular weight is 445 g/mol. The fourth-order valence-corrected chi connectivity index (χ4v) is 3.63. The molecule has 1 atom stereocenters. The van der Waals surface area contributed by atoms with Crippen LogP contribution in [0.1, 0.15) is 17.5 Å². The van der Waals surface area contributed by atoms with Gasteiger partial charge in [0.1, 0.15) is 0 Å². The van der Waals surface area contributed by atoms with Gasteiger partial charge in [-0.15, -0.1) is 0 Å². The number of nitrogens with one attached hydrogen (secondary N) is 1. The smallest absolute Gasteiger partial charge is 0.350 e. The predicted molar refractivity (Wildman–Crippen MR) is 96.8 cm³/mol. The van der Waals surface area contributed by atoms with Gasteiger partial charge in [0.05, 0.1) is 22.0 Å². The number of hydrogen-bond acceptors (Lipinski definition) is 7. The summed E-state index contributed by atoms with van der Waals surface area (Å²) in [5.74, 6) is -3.38. The fourth-order valence-electron chi connectivity index (χ4n) is 2.57. The Morgan fingerprint density at radius 3 is 2.47 bits per heavy atom. The molecule has 0 bridgehead atoms. The van der Waals surface area contributed by atoms with E-state index in [0.29, 0.717) is 5.56 Å². The van der Waals surface area contributed by atoms with Crippen molar-refractivity contribution in [3.8, 4) is 0 Å². The summed E-state index contributed by atoms with van der Waals surface area (Å²) in [4.78, 5) is 13.9. The Labute approximate surface area is 168 Å². The minimum Gasteiger partial charge on any atom is -0.350 e. The van der Waals surface area contributed by atoms with Crippen molar-refractivity contribution < 1.29 is 36.5 Å². The van der Waals surface area contributed by atoms with E-state index >= 15 is 0 Å². The van der Waals surface area contributed by atoms with Gasteiger partial charge >= 0.3 is 12.0 Å². The van der Waals surface area contributed by atoms with E-state index in [9.17, 15) is 36.8 Å². The van der Waals surface area contributed by atoms with E-state index in [4.69, 9.17) is 0 Å². The summed E-state index contributed by atoms with van der Waals surface area (Å²) in [6.07, 6.45) is -5.89. The van der Waals surface area contributed by atoms with Crippen LogP contribution < -0.4 is 4.72 Å². The van der Waals surface area contributed by atoms with Crippen molar-refractivity contribution >= 4 is 21.4 Å². The van der Waals surface area contributed by atoms with Crippen molar-refractivity contribution in [1.82, 2.24) is 4.72 Å². The molecule has 9 nitrogen and oxygen atoms in total. The van der Waals surface area contributed by atoms with E-state index in [1.807, 2.05) is 0 Å². The number of sulfonamides is 1. The van der Waals surface area contributed by atoms with Gasteiger partial charge in [-0.1, -0.05) is 35.5 Å². The van der Waals surface area contributed by atoms with Crippen LogP contribution in [0, 0.1) is 10.1 Å². The summed E-state index contributed by atoms with van der Waals surface area (Å²) in [6, 6.07) is 10.3. The number of alkyl halides is 3. The average Bonchev–Trinajstić information content (AvgIpc) is 3.10. The van der Waals surface area contributed by atoms with Gasteiger partial charge in [-0.05, 0) is 17.2 Å². The highest BCUT2D eigenvalue weighted by Gasteiger charge is 2.60. The molecule has 3 rings (SSSR count). The molecule has 2 aromatic carbocycles. The van der Waals surface area contributed by atoms with Gasteiger partial charge in [0, 0.05) is 18.7 Å². The number of halogens is 3. The van der Waals surface area contributed by atoms with E-state index in [-0.39, 0.29) is 28.4 Å². The zero-order valence-electron chi connectivity index (χ0n) is 15.0. The maximum atomic E-state index is 12.8. The lowest BCUT2D eigenvalue weighted by Gasteiger charge is -2.22. The molecule has 1 unspecified atom stereocenters. The molecule has 160 valence electrons. The van der Waals surface area contributed by atoms with Crippen LogP contribution in [0.4, 0.5) is 18.9 Å². The third-order valence-electron chi connectivity index (χ3n) is 4.25. The Kier molecular flexibility index (Phi) is 5.54. The lowest BCUT2D eigenvalue weighted by molar-refractivity contribution is -0.385. The molecule has 2 aromatic rings. The molecule has 0 saturated carbocycles. The van der Waals surface area contributed by atoms with Crippen LogP contribution in [0.2, 0.25) is 0 Å². The van der Waals surface area contributed by atoms with Gasteiger partial charge in [-0.25, -0.2) is 13.1 Å². The SMILES string of the molecule is O=[N+]([O-])c1cccc(S(=O)(=O)NCc2ccc(C3=NOC(O)(C(F)(F)F)C3)cc2)c1. The van der Waals surface area contributed by atoms with Crippen LogP contribution in [0.3, 0.4) is 0 Å². The summed E-state index contributed by atoms with van der Waals surface area (Å²) in [7, 11) is -4.03.